The molecule has 2 saturated heterocycles. The summed E-state index contributed by atoms with van der Waals surface area (Å²) >= 11 is 7.78. The second-order valence-corrected chi connectivity index (χ2v) is 20.6. The number of piperidine rings is 2. The van der Waals surface area contributed by atoms with E-state index < -0.39 is 6.04 Å². The lowest BCUT2D eigenvalue weighted by molar-refractivity contribution is -0.113. The lowest BCUT2D eigenvalue weighted by Gasteiger charge is -2.38. The van der Waals surface area contributed by atoms with E-state index in [0.29, 0.717) is 63.6 Å². The number of nitrogens with one attached hydrogen (secondary N) is 3. The number of hydrogen-bond donors (Lipinski definition) is 5. The van der Waals surface area contributed by atoms with E-state index in [0.717, 1.165) is 103 Å². The Balaban J connectivity index is 0.000000462. The highest BCUT2D eigenvalue weighted by Gasteiger charge is 2.58. The molecule has 2 aliphatic carbocycles. The molecule has 2 spiro atoms. The van der Waals surface area contributed by atoms with Crippen LogP contribution in [0.2, 0.25) is 5.02 Å². The van der Waals surface area contributed by atoms with Gasteiger partial charge in [-0.15, -0.1) is 15.8 Å². The van der Waals surface area contributed by atoms with Crippen LogP contribution >= 0.6 is 22.9 Å². The molecule has 5 aromatic rings. The van der Waals surface area contributed by atoms with Gasteiger partial charge in [-0.25, -0.2) is 4.79 Å². The first-order chi connectivity index (χ1) is 39.3. The van der Waals surface area contributed by atoms with Crippen molar-refractivity contribution in [1.29, 1.82) is 0 Å². The Hall–Kier alpha value is -6.41. The van der Waals surface area contributed by atoms with Crippen LogP contribution in [0, 0.1) is 6.92 Å². The lowest BCUT2D eigenvalue weighted by Crippen LogP contribution is -2.52. The minimum absolute atomic E-state index is 0.0791. The van der Waals surface area contributed by atoms with Gasteiger partial charge < -0.3 is 55.1 Å². The minimum atomic E-state index is -0.703. The second kappa shape index (κ2) is 36.8. The van der Waals surface area contributed by atoms with E-state index in [9.17, 15) is 33.2 Å². The van der Waals surface area contributed by atoms with E-state index in [-0.39, 0.29) is 37.1 Å². The van der Waals surface area contributed by atoms with E-state index in [1.807, 2.05) is 101 Å². The lowest BCUT2D eigenvalue weighted by atomic mass is 9.85. The quantitative estimate of drug-likeness (QED) is 0.0433. The molecule has 3 heterocycles. The number of carbonyl (C=O) groups excluding carboxylic acids is 7. The number of fused-ring (bicyclic) bond motifs is 1. The summed E-state index contributed by atoms with van der Waals surface area (Å²) in [5.74, 6) is 0.555. The summed E-state index contributed by atoms with van der Waals surface area (Å²) in [6.45, 7) is 15.3. The van der Waals surface area contributed by atoms with Crippen molar-refractivity contribution in [2.24, 2.45) is 0 Å². The normalized spacial score (nSPS) is 15.9. The molecule has 2 aliphatic heterocycles. The zero-order chi connectivity index (χ0) is 60.7. The van der Waals surface area contributed by atoms with Crippen molar-refractivity contribution in [3.05, 3.63) is 105 Å². The molecule has 81 heavy (non-hydrogen) atoms. The summed E-state index contributed by atoms with van der Waals surface area (Å²) in [6.07, 6.45) is 14.1. The molecule has 0 bridgehead atoms. The van der Waals surface area contributed by atoms with Gasteiger partial charge in [-0.05, 0) is 135 Å². The van der Waals surface area contributed by atoms with Gasteiger partial charge in [0.15, 0.2) is 18.3 Å². The number of aliphatic hydroxyl groups is 2. The topological polar surface area (TPSA) is 215 Å². The van der Waals surface area contributed by atoms with Gasteiger partial charge in [-0.3, -0.25) is 14.4 Å². The summed E-state index contributed by atoms with van der Waals surface area (Å²) < 4.78 is 16.2. The average Bonchev–Trinajstić information content (AvgIpc) is 4.42. The van der Waals surface area contributed by atoms with Crippen LogP contribution in [0.1, 0.15) is 131 Å². The maximum atomic E-state index is 12.9. The molecule has 2 saturated carbocycles. The highest BCUT2D eigenvalue weighted by Crippen LogP contribution is 2.54. The Bertz CT molecular complexity index is 2710. The Morgan fingerprint density at radius 2 is 1.47 bits per heavy atom. The fraction of sp³-hybridized carbons (Fsp3) is 0.468. The smallest absolute Gasteiger partial charge is 0.321 e. The minimum Gasteiger partial charge on any atom is -0.483 e. The van der Waals surface area contributed by atoms with Crippen molar-refractivity contribution in [3.63, 3.8) is 0 Å². The summed E-state index contributed by atoms with van der Waals surface area (Å²) in [4.78, 5) is 82.3. The number of aliphatic hydroxyl groups excluding tert-OH is 2. The first-order valence-electron chi connectivity index (χ1n) is 27.6. The first-order valence-corrected chi connectivity index (χ1v) is 28.8. The van der Waals surface area contributed by atoms with Crippen LogP contribution in [-0.2, 0) is 30.4 Å². The number of anilines is 3. The molecular formula is C62H86ClFN6O10S. The van der Waals surface area contributed by atoms with Crippen molar-refractivity contribution in [3.8, 4) is 16.2 Å². The van der Waals surface area contributed by atoms with Crippen molar-refractivity contribution in [2.75, 3.05) is 63.5 Å². The molecule has 3 amide bonds. The number of ether oxygens (including phenoxy) is 1. The van der Waals surface area contributed by atoms with Crippen LogP contribution < -0.4 is 25.6 Å². The number of carbonyl (C=O) groups is 7. The van der Waals surface area contributed by atoms with E-state index >= 15 is 0 Å². The van der Waals surface area contributed by atoms with Crippen LogP contribution in [0.15, 0.2) is 78.9 Å². The van der Waals surface area contributed by atoms with Crippen LogP contribution in [0.4, 0.5) is 26.3 Å². The van der Waals surface area contributed by atoms with Crippen molar-refractivity contribution in [1.82, 2.24) is 15.3 Å². The summed E-state index contributed by atoms with van der Waals surface area (Å²) in [6, 6.07) is 25.8. The van der Waals surface area contributed by atoms with Gasteiger partial charge in [0.1, 0.15) is 35.9 Å². The van der Waals surface area contributed by atoms with Gasteiger partial charge >= 0.3 is 6.03 Å². The third-order valence-corrected chi connectivity index (χ3v) is 15.4. The molecular weight excluding hydrogens is 1080 g/mol. The Kier molecular flexibility index (Phi) is 32.2. The molecule has 4 aliphatic rings. The van der Waals surface area contributed by atoms with Crippen LogP contribution in [0.5, 0.6) is 5.75 Å². The number of rotatable bonds is 17. The molecule has 1 atom stereocenters. The predicted octanol–water partition coefficient (Wildman–Crippen LogP) is 11.8. The number of likely N-dealkylation sites (tertiary alicyclic amines) is 1. The highest BCUT2D eigenvalue weighted by atomic mass is 35.5. The van der Waals surface area contributed by atoms with Gasteiger partial charge in [0.05, 0.1) is 16.6 Å². The Labute approximate surface area is 487 Å². The Morgan fingerprint density at radius 1 is 0.877 bits per heavy atom. The molecule has 1 unspecified atom stereocenters. The average molecular weight is 1160 g/mol. The number of benzene rings is 4. The molecule has 19 heteroatoms. The van der Waals surface area contributed by atoms with E-state index in [4.69, 9.17) is 31.3 Å². The predicted molar refractivity (Wildman–Crippen MR) is 327 cm³/mol. The monoisotopic (exact) mass is 1160 g/mol. The van der Waals surface area contributed by atoms with E-state index in [2.05, 4.69) is 47.1 Å². The van der Waals surface area contributed by atoms with E-state index in [1.54, 1.807) is 0 Å². The zero-order valence-electron chi connectivity index (χ0n) is 48.9. The fourth-order valence-corrected chi connectivity index (χ4v) is 11.5. The number of aldehydes is 4. The van der Waals surface area contributed by atoms with Gasteiger partial charge in [-0.2, -0.15) is 5.12 Å². The number of nitrogens with zero attached hydrogens (tertiary/aromatic N) is 3. The third-order valence-electron chi connectivity index (χ3n) is 13.8. The van der Waals surface area contributed by atoms with Gasteiger partial charge in [0.2, 0.25) is 6.41 Å². The summed E-state index contributed by atoms with van der Waals surface area (Å²) in [5, 5.41) is 27.6. The zero-order valence-corrected chi connectivity index (χ0v) is 50.5. The largest absolute Gasteiger partial charge is 0.483 e. The number of hydrogen-bond acceptors (Lipinski definition) is 14. The third kappa shape index (κ3) is 20.2. The van der Waals surface area contributed by atoms with Crippen molar-refractivity contribution < 1.29 is 53.0 Å². The summed E-state index contributed by atoms with van der Waals surface area (Å²) in [7, 11) is 4.67. The second-order valence-electron chi connectivity index (χ2n) is 19.2. The fourth-order valence-electron chi connectivity index (χ4n) is 10.1. The molecule has 0 radical (unpaired) electrons. The van der Waals surface area contributed by atoms with Crippen molar-refractivity contribution >= 4 is 95.1 Å². The molecule has 4 fully saturated rings. The number of halogens is 2. The Morgan fingerprint density at radius 3 is 2.01 bits per heavy atom. The highest BCUT2D eigenvalue weighted by molar-refractivity contribution is 7.18. The van der Waals surface area contributed by atoms with Gasteiger partial charge in [0, 0.05) is 81.7 Å². The number of amides is 3. The molecule has 1 aromatic heterocycles. The molecule has 444 valence electrons. The molecule has 9 rings (SSSR count). The number of thiophene rings is 1. The molecule has 16 nitrogen and oxygen atoms in total. The van der Waals surface area contributed by atoms with Crippen LogP contribution in [0.3, 0.4) is 0 Å². The van der Waals surface area contributed by atoms with Crippen LogP contribution in [-0.4, -0.2) is 136 Å². The van der Waals surface area contributed by atoms with Gasteiger partial charge in [-0.1, -0.05) is 94.8 Å². The first kappa shape index (κ1) is 70.7. The molecule has 5 N–H and O–H groups in total. The van der Waals surface area contributed by atoms with E-state index in [1.165, 1.54) is 67.1 Å². The van der Waals surface area contributed by atoms with Crippen LogP contribution in [0.25, 0.3) is 21.2 Å². The standard InChI is InChI=1S/C31H35N3O4.C22H23ClN2O3S.C2H6FN.2C2H6.2CH4O.CH2O/c1-3-23-8-5-9-25(19-23)32-31(38)33-16-14-24(15-17-33)27-12-13-29(30-22(2)7-4-11-28(27)30)34(21-37)26(20-36)10-6-18-35;23-18-19(28-9-8-26)17(13-27)29-20(18)14-2-1-3-15(10-14)24-16-11-21(4-5-21)25-22(12-16)6-7-22;1-4(2)3;5*1-2/h4-5,7-9,11-13,18-21,24,26H,3,6,10,14-17H2,1-2H3,(H,32,38);1-3,8,10,13,16,24-25H,4-7,9,11-12H2;1-2H3;2*1-2H3;2*2H,1H3;1H2. The molecule has 4 aromatic carbocycles. The summed E-state index contributed by atoms with van der Waals surface area (Å²) in [5.41, 5.74) is 7.60. The van der Waals surface area contributed by atoms with Crippen molar-refractivity contribution in [2.45, 2.75) is 141 Å². The maximum Gasteiger partial charge on any atom is 0.321 e. The van der Waals surface area contributed by atoms with Gasteiger partial charge in [0.25, 0.3) is 0 Å². The maximum absolute atomic E-state index is 12.9. The number of urea groups is 1. The SMILES string of the molecule is C=O.CC.CC.CCc1cccc(NC(=O)N2CCC(c3ccc(N(C=O)C(C=O)CCC=O)c4c(C)cccc34)CC2)c1.CN(C)F.CO.CO.O=CCOc1c(C=O)sc(-c2cccc(NC3CC4(CC4)NC4(CC4)C3)c2)c1Cl. The number of aryl methyl sites for hydroxylation is 2.